The summed E-state index contributed by atoms with van der Waals surface area (Å²) in [4.78, 5) is 36.3. The molecular weight excluding hydrogens is 666 g/mol. The SMILES string of the molecule is CC(=O)Nc1ccccc1Oc1ccccc1C(C)(c1ccccc1Oc1ccccc1NC(C)=O)c1ccccc1Oc1ccccc1NC(C)=O. The number of hydrogen-bond donors (Lipinski definition) is 3. The summed E-state index contributed by atoms with van der Waals surface area (Å²) in [6.07, 6.45) is 0. The van der Waals surface area contributed by atoms with E-state index in [-0.39, 0.29) is 17.7 Å². The number of ether oxygens (including phenoxy) is 3. The van der Waals surface area contributed by atoms with Crippen molar-refractivity contribution in [3.05, 3.63) is 162 Å². The maximum atomic E-state index is 12.1. The molecule has 9 heteroatoms. The lowest BCUT2D eigenvalue weighted by molar-refractivity contribution is -0.115. The van der Waals surface area contributed by atoms with Gasteiger partial charge in [0.05, 0.1) is 22.5 Å². The van der Waals surface area contributed by atoms with Crippen molar-refractivity contribution in [3.8, 4) is 34.5 Å². The second kappa shape index (κ2) is 16.0. The molecule has 0 heterocycles. The van der Waals surface area contributed by atoms with Crippen LogP contribution in [-0.2, 0) is 19.8 Å². The second-order valence-electron chi connectivity index (χ2n) is 12.5. The third kappa shape index (κ3) is 8.21. The van der Waals surface area contributed by atoms with Gasteiger partial charge in [0, 0.05) is 37.5 Å². The van der Waals surface area contributed by atoms with Gasteiger partial charge in [0.15, 0.2) is 17.2 Å². The monoisotopic (exact) mass is 705 g/mol. The minimum atomic E-state index is -1.04. The number of carbonyl (C=O) groups is 3. The fourth-order valence-electron chi connectivity index (χ4n) is 6.24. The molecule has 3 N–H and O–H groups in total. The lowest BCUT2D eigenvalue weighted by atomic mass is 9.70. The molecule has 6 aromatic rings. The standard InChI is InChI=1S/C44H39N3O6/c1-29(48)45-35-20-8-14-26-41(35)51-38-23-11-5-17-32(38)44(4,33-18-6-12-24-39(33)52-42-27-15-9-21-36(42)46-30(2)49)34-19-7-13-25-40(34)53-43-28-16-10-22-37(43)47-31(3)50/h5-28H,1-4H3,(H,45,48)(H,46,49)(H,47,50). The smallest absolute Gasteiger partial charge is 0.221 e. The van der Waals surface area contributed by atoms with Gasteiger partial charge in [-0.05, 0) is 61.5 Å². The molecule has 6 rings (SSSR count). The molecule has 0 radical (unpaired) electrons. The molecule has 0 aromatic heterocycles. The van der Waals surface area contributed by atoms with Gasteiger partial charge in [-0.15, -0.1) is 0 Å². The quantitative estimate of drug-likeness (QED) is 0.109. The highest BCUT2D eigenvalue weighted by atomic mass is 16.5. The largest absolute Gasteiger partial charge is 0.455 e. The van der Waals surface area contributed by atoms with Crippen LogP contribution in [0.3, 0.4) is 0 Å². The molecule has 266 valence electrons. The Labute approximate surface area is 308 Å². The molecule has 0 spiro atoms. The molecule has 0 aliphatic rings. The van der Waals surface area contributed by atoms with Gasteiger partial charge in [-0.3, -0.25) is 14.4 Å². The normalized spacial score (nSPS) is 10.9. The number of rotatable bonds is 12. The van der Waals surface area contributed by atoms with E-state index in [0.29, 0.717) is 51.6 Å². The summed E-state index contributed by atoms with van der Waals surface area (Å²) >= 11 is 0. The Bertz CT molecular complexity index is 2030. The molecule has 0 saturated heterocycles. The third-order valence-corrected chi connectivity index (χ3v) is 8.53. The van der Waals surface area contributed by atoms with Gasteiger partial charge in [-0.25, -0.2) is 0 Å². The first kappa shape index (κ1) is 35.9. The minimum Gasteiger partial charge on any atom is -0.455 e. The summed E-state index contributed by atoms with van der Waals surface area (Å²) in [6.45, 7) is 6.41. The maximum Gasteiger partial charge on any atom is 0.221 e. The van der Waals surface area contributed by atoms with Crippen LogP contribution in [0.1, 0.15) is 44.4 Å². The van der Waals surface area contributed by atoms with E-state index in [4.69, 9.17) is 14.2 Å². The molecule has 0 aliphatic heterocycles. The van der Waals surface area contributed by atoms with Crippen molar-refractivity contribution in [2.75, 3.05) is 16.0 Å². The van der Waals surface area contributed by atoms with E-state index in [1.165, 1.54) is 20.8 Å². The zero-order valence-electron chi connectivity index (χ0n) is 29.8. The zero-order chi connectivity index (χ0) is 37.4. The second-order valence-corrected chi connectivity index (χ2v) is 12.5. The van der Waals surface area contributed by atoms with Gasteiger partial charge in [-0.2, -0.15) is 0 Å². The molecule has 0 saturated carbocycles. The number of benzene rings is 6. The van der Waals surface area contributed by atoms with Crippen LogP contribution in [-0.4, -0.2) is 17.7 Å². The number of hydrogen-bond acceptors (Lipinski definition) is 6. The number of para-hydroxylation sites is 9. The van der Waals surface area contributed by atoms with E-state index in [2.05, 4.69) is 22.9 Å². The fraction of sp³-hybridized carbons (Fsp3) is 0.114. The van der Waals surface area contributed by atoms with Crippen molar-refractivity contribution in [2.24, 2.45) is 0 Å². The number of nitrogens with one attached hydrogen (secondary N) is 3. The van der Waals surface area contributed by atoms with Crippen molar-refractivity contribution in [2.45, 2.75) is 33.1 Å². The average molecular weight is 706 g/mol. The molecule has 9 nitrogen and oxygen atoms in total. The van der Waals surface area contributed by atoms with E-state index in [1.54, 1.807) is 36.4 Å². The highest BCUT2D eigenvalue weighted by molar-refractivity contribution is 5.91. The van der Waals surface area contributed by atoms with E-state index in [1.807, 2.05) is 109 Å². The maximum absolute atomic E-state index is 12.1. The Morgan fingerprint density at radius 2 is 0.604 bits per heavy atom. The molecule has 0 aliphatic carbocycles. The fourth-order valence-corrected chi connectivity index (χ4v) is 6.24. The van der Waals surface area contributed by atoms with Crippen LogP contribution < -0.4 is 30.2 Å². The van der Waals surface area contributed by atoms with Crippen molar-refractivity contribution < 1.29 is 28.6 Å². The van der Waals surface area contributed by atoms with Crippen molar-refractivity contribution in [1.82, 2.24) is 0 Å². The molecule has 0 fully saturated rings. The van der Waals surface area contributed by atoms with Gasteiger partial charge in [0.25, 0.3) is 0 Å². The zero-order valence-corrected chi connectivity index (χ0v) is 29.8. The summed E-state index contributed by atoms with van der Waals surface area (Å²) in [5, 5.41) is 8.59. The van der Waals surface area contributed by atoms with Crippen molar-refractivity contribution >= 4 is 34.8 Å². The van der Waals surface area contributed by atoms with Gasteiger partial charge < -0.3 is 30.2 Å². The predicted octanol–water partition coefficient (Wildman–Crippen LogP) is 10.3. The molecule has 3 amide bonds. The Kier molecular flexibility index (Phi) is 10.8. The topological polar surface area (TPSA) is 115 Å². The Morgan fingerprint density at radius 1 is 0.377 bits per heavy atom. The van der Waals surface area contributed by atoms with Crippen LogP contribution in [0.5, 0.6) is 34.5 Å². The van der Waals surface area contributed by atoms with Gasteiger partial charge in [0.1, 0.15) is 17.2 Å². The molecule has 0 unspecified atom stereocenters. The van der Waals surface area contributed by atoms with E-state index in [0.717, 1.165) is 16.7 Å². The molecule has 0 atom stereocenters. The van der Waals surface area contributed by atoms with Crippen LogP contribution in [0.15, 0.2) is 146 Å². The lowest BCUT2D eigenvalue weighted by Gasteiger charge is -2.35. The molecule has 0 bridgehead atoms. The Morgan fingerprint density at radius 3 is 0.868 bits per heavy atom. The summed E-state index contributed by atoms with van der Waals surface area (Å²) < 4.78 is 20.0. The Balaban J connectivity index is 1.57. The predicted molar refractivity (Wildman–Crippen MR) is 207 cm³/mol. The first-order valence-electron chi connectivity index (χ1n) is 17.1. The average Bonchev–Trinajstić information content (AvgIpc) is 3.14. The van der Waals surface area contributed by atoms with Crippen molar-refractivity contribution in [1.29, 1.82) is 0 Å². The summed E-state index contributed by atoms with van der Waals surface area (Å²) in [5.41, 5.74) is 2.80. The summed E-state index contributed by atoms with van der Waals surface area (Å²) in [7, 11) is 0. The highest BCUT2D eigenvalue weighted by Crippen LogP contribution is 2.51. The van der Waals surface area contributed by atoms with Gasteiger partial charge in [-0.1, -0.05) is 91.0 Å². The molecule has 53 heavy (non-hydrogen) atoms. The Hall–Kier alpha value is -6.87. The summed E-state index contributed by atoms with van der Waals surface area (Å²) in [5.74, 6) is 2.26. The van der Waals surface area contributed by atoms with Crippen LogP contribution in [0.2, 0.25) is 0 Å². The number of anilines is 3. The summed E-state index contributed by atoms with van der Waals surface area (Å²) in [6, 6.07) is 44.8. The van der Waals surface area contributed by atoms with Crippen LogP contribution in [0.4, 0.5) is 17.1 Å². The van der Waals surface area contributed by atoms with Gasteiger partial charge >= 0.3 is 0 Å². The third-order valence-electron chi connectivity index (χ3n) is 8.53. The van der Waals surface area contributed by atoms with E-state index >= 15 is 0 Å². The van der Waals surface area contributed by atoms with Crippen LogP contribution in [0.25, 0.3) is 0 Å². The lowest BCUT2D eigenvalue weighted by Crippen LogP contribution is -2.27. The first-order valence-corrected chi connectivity index (χ1v) is 17.1. The number of carbonyl (C=O) groups excluding carboxylic acids is 3. The van der Waals surface area contributed by atoms with E-state index in [9.17, 15) is 14.4 Å². The molecular formula is C44H39N3O6. The van der Waals surface area contributed by atoms with Gasteiger partial charge in [0.2, 0.25) is 17.7 Å². The van der Waals surface area contributed by atoms with Crippen molar-refractivity contribution in [3.63, 3.8) is 0 Å². The number of amides is 3. The minimum absolute atomic E-state index is 0.226. The first-order chi connectivity index (χ1) is 25.6. The highest BCUT2D eigenvalue weighted by Gasteiger charge is 2.39. The van der Waals surface area contributed by atoms with Crippen LogP contribution in [0, 0.1) is 0 Å². The van der Waals surface area contributed by atoms with Crippen LogP contribution >= 0.6 is 0 Å². The van der Waals surface area contributed by atoms with E-state index < -0.39 is 5.41 Å². The molecule has 6 aromatic carbocycles.